The van der Waals surface area contributed by atoms with E-state index in [0.717, 1.165) is 23.2 Å². The maximum atomic E-state index is 11.7. The molecule has 32 heavy (non-hydrogen) atoms. The third kappa shape index (κ3) is 4.42. The number of rotatable bonds is 5. The number of hydrogen-bond acceptors (Lipinski definition) is 8. The van der Waals surface area contributed by atoms with E-state index < -0.39 is 16.1 Å². The number of sulfonamides is 1. The van der Waals surface area contributed by atoms with Crippen LogP contribution in [0.25, 0.3) is 22.4 Å². The fourth-order valence-corrected chi connectivity index (χ4v) is 5.11. The van der Waals surface area contributed by atoms with Gasteiger partial charge in [-0.25, -0.2) is 28.4 Å². The third-order valence-electron chi connectivity index (χ3n) is 5.59. The molecule has 12 heteroatoms. The minimum atomic E-state index is -3.35. The number of β-amino-alcohol motifs (C(OH)–C–C–N with tert-alkyl or cyclic N) is 1. The lowest BCUT2D eigenvalue weighted by molar-refractivity contribution is 0.0950. The van der Waals surface area contributed by atoms with E-state index >= 15 is 0 Å². The minimum Gasteiger partial charge on any atom is -0.390 e. The highest BCUT2D eigenvalue weighted by molar-refractivity contribution is 7.88. The standard InChI is InChI=1S/C20H26ClN7O3S/c1-11(2)28-12(3)24-19-16(28)7-13(8-22-19)18-14(21)9-23-20(26-18)25-15-5-6-27(10-17(15)29)32(4,30)31/h7-9,11,15,17,29H,5-6,10H2,1-4H3,(H,23,25,26)/t15-,17-/m1/s1. The number of anilines is 1. The van der Waals surface area contributed by atoms with Crippen molar-refractivity contribution in [1.82, 2.24) is 28.8 Å². The van der Waals surface area contributed by atoms with Crippen molar-refractivity contribution >= 4 is 38.7 Å². The number of piperidine rings is 1. The molecular weight excluding hydrogens is 454 g/mol. The van der Waals surface area contributed by atoms with Gasteiger partial charge in [0.05, 0.1) is 40.8 Å². The average molecular weight is 480 g/mol. The molecule has 2 atom stereocenters. The van der Waals surface area contributed by atoms with Crippen molar-refractivity contribution in [1.29, 1.82) is 0 Å². The zero-order chi connectivity index (χ0) is 23.2. The van der Waals surface area contributed by atoms with E-state index in [1.54, 1.807) is 6.20 Å². The van der Waals surface area contributed by atoms with Crippen LogP contribution in [-0.4, -0.2) is 73.8 Å². The number of pyridine rings is 1. The number of aliphatic hydroxyl groups excluding tert-OH is 1. The minimum absolute atomic E-state index is 0.0239. The van der Waals surface area contributed by atoms with Gasteiger partial charge in [0.15, 0.2) is 5.65 Å². The Hall–Kier alpha value is -2.34. The zero-order valence-corrected chi connectivity index (χ0v) is 19.9. The number of hydrogen-bond donors (Lipinski definition) is 2. The smallest absolute Gasteiger partial charge is 0.223 e. The van der Waals surface area contributed by atoms with Gasteiger partial charge in [-0.3, -0.25) is 0 Å². The van der Waals surface area contributed by atoms with Gasteiger partial charge in [0, 0.05) is 30.9 Å². The highest BCUT2D eigenvalue weighted by Gasteiger charge is 2.32. The van der Waals surface area contributed by atoms with Crippen molar-refractivity contribution in [2.75, 3.05) is 24.7 Å². The van der Waals surface area contributed by atoms with Crippen LogP contribution in [0.3, 0.4) is 0 Å². The fourth-order valence-electron chi connectivity index (χ4n) is 4.05. The predicted octanol–water partition coefficient (Wildman–Crippen LogP) is 2.24. The van der Waals surface area contributed by atoms with Crippen molar-refractivity contribution in [2.45, 2.75) is 45.4 Å². The Kier molecular flexibility index (Phi) is 6.10. The van der Waals surface area contributed by atoms with Gasteiger partial charge in [-0.05, 0) is 33.3 Å². The van der Waals surface area contributed by atoms with Gasteiger partial charge in [-0.2, -0.15) is 4.31 Å². The van der Waals surface area contributed by atoms with E-state index in [0.29, 0.717) is 35.3 Å². The summed E-state index contributed by atoms with van der Waals surface area (Å²) in [6, 6.07) is 1.79. The van der Waals surface area contributed by atoms with Crippen molar-refractivity contribution in [3.8, 4) is 11.3 Å². The van der Waals surface area contributed by atoms with Gasteiger partial charge in [-0.1, -0.05) is 11.6 Å². The van der Waals surface area contributed by atoms with E-state index in [2.05, 4.69) is 43.7 Å². The molecule has 4 heterocycles. The first-order chi connectivity index (χ1) is 15.0. The zero-order valence-electron chi connectivity index (χ0n) is 18.3. The molecule has 1 fully saturated rings. The average Bonchev–Trinajstić information content (AvgIpc) is 3.05. The summed E-state index contributed by atoms with van der Waals surface area (Å²) in [4.78, 5) is 17.8. The number of imidazole rings is 1. The second kappa shape index (κ2) is 8.54. The quantitative estimate of drug-likeness (QED) is 0.570. The van der Waals surface area contributed by atoms with Crippen molar-refractivity contribution < 1.29 is 13.5 Å². The maximum absolute atomic E-state index is 11.7. The largest absolute Gasteiger partial charge is 0.390 e. The van der Waals surface area contributed by atoms with Gasteiger partial charge >= 0.3 is 0 Å². The summed E-state index contributed by atoms with van der Waals surface area (Å²) in [5, 5.41) is 13.9. The molecule has 0 unspecified atom stereocenters. The van der Waals surface area contributed by atoms with Crippen LogP contribution in [-0.2, 0) is 10.0 Å². The van der Waals surface area contributed by atoms with Crippen LogP contribution in [0.1, 0.15) is 32.1 Å². The Labute approximate surface area is 191 Å². The number of halogens is 1. The molecule has 1 aliphatic rings. The predicted molar refractivity (Wildman–Crippen MR) is 123 cm³/mol. The molecule has 172 valence electrons. The number of aromatic nitrogens is 5. The van der Waals surface area contributed by atoms with Crippen LogP contribution in [0.4, 0.5) is 5.95 Å². The number of fused-ring (bicyclic) bond motifs is 1. The summed E-state index contributed by atoms with van der Waals surface area (Å²) in [7, 11) is -3.35. The summed E-state index contributed by atoms with van der Waals surface area (Å²) in [6.07, 6.45) is 3.86. The molecule has 3 aromatic rings. The molecule has 4 rings (SSSR count). The van der Waals surface area contributed by atoms with Crippen LogP contribution in [0.15, 0.2) is 18.5 Å². The highest BCUT2D eigenvalue weighted by atomic mass is 35.5. The first-order valence-electron chi connectivity index (χ1n) is 10.3. The van der Waals surface area contributed by atoms with Crippen molar-refractivity contribution in [2.24, 2.45) is 0 Å². The summed E-state index contributed by atoms with van der Waals surface area (Å²) in [5.74, 6) is 1.18. The van der Waals surface area contributed by atoms with Crippen LogP contribution in [0.2, 0.25) is 5.02 Å². The Balaban J connectivity index is 1.62. The lowest BCUT2D eigenvalue weighted by Crippen LogP contribution is -2.51. The van der Waals surface area contributed by atoms with Gasteiger partial charge in [0.25, 0.3) is 0 Å². The summed E-state index contributed by atoms with van der Waals surface area (Å²) in [6.45, 7) is 6.45. The first-order valence-corrected chi connectivity index (χ1v) is 12.5. The van der Waals surface area contributed by atoms with E-state index in [4.69, 9.17) is 11.6 Å². The third-order valence-corrected chi connectivity index (χ3v) is 7.13. The molecule has 1 saturated heterocycles. The molecule has 0 aliphatic carbocycles. The van der Waals surface area contributed by atoms with Crippen LogP contribution in [0, 0.1) is 6.92 Å². The number of aryl methyl sites for hydroxylation is 1. The molecule has 0 bridgehead atoms. The highest BCUT2D eigenvalue weighted by Crippen LogP contribution is 2.30. The van der Waals surface area contributed by atoms with E-state index in [1.165, 1.54) is 10.5 Å². The van der Waals surface area contributed by atoms with Gasteiger partial charge in [-0.15, -0.1) is 0 Å². The number of nitrogens with zero attached hydrogens (tertiary/aromatic N) is 6. The van der Waals surface area contributed by atoms with Gasteiger partial charge < -0.3 is 15.0 Å². The normalized spacial score (nSPS) is 20.2. The van der Waals surface area contributed by atoms with Crippen LogP contribution < -0.4 is 5.32 Å². The molecule has 0 radical (unpaired) electrons. The molecule has 0 aromatic carbocycles. The maximum Gasteiger partial charge on any atom is 0.223 e. The van der Waals surface area contributed by atoms with E-state index in [-0.39, 0.29) is 18.6 Å². The monoisotopic (exact) mass is 479 g/mol. The van der Waals surface area contributed by atoms with E-state index in [9.17, 15) is 13.5 Å². The lowest BCUT2D eigenvalue weighted by Gasteiger charge is -2.34. The SMILES string of the molecule is Cc1nc2ncc(-c3nc(N[C@@H]4CCN(S(C)(=O)=O)C[C@H]4O)ncc3Cl)cc2n1C(C)C. The Bertz CT molecular complexity index is 1260. The first kappa shape index (κ1) is 22.8. The number of nitrogens with one attached hydrogen (secondary N) is 1. The second-order valence-electron chi connectivity index (χ2n) is 8.31. The Morgan fingerprint density at radius 1 is 1.25 bits per heavy atom. The summed E-state index contributed by atoms with van der Waals surface area (Å²) >= 11 is 6.40. The molecule has 3 aromatic heterocycles. The Morgan fingerprint density at radius 3 is 2.66 bits per heavy atom. The fraction of sp³-hybridized carbons (Fsp3) is 0.500. The molecule has 2 N–H and O–H groups in total. The van der Waals surface area contributed by atoms with E-state index in [1.807, 2.05) is 13.0 Å². The molecule has 0 saturated carbocycles. The molecule has 0 amide bonds. The molecule has 1 aliphatic heterocycles. The lowest BCUT2D eigenvalue weighted by atomic mass is 10.0. The topological polar surface area (TPSA) is 126 Å². The van der Waals surface area contributed by atoms with Gasteiger partial charge in [0.2, 0.25) is 16.0 Å². The molecule has 0 spiro atoms. The molecular formula is C20H26ClN7O3S. The molecule has 10 nitrogen and oxygen atoms in total. The van der Waals surface area contributed by atoms with Crippen LogP contribution >= 0.6 is 11.6 Å². The van der Waals surface area contributed by atoms with Crippen LogP contribution in [0.5, 0.6) is 0 Å². The second-order valence-corrected chi connectivity index (χ2v) is 10.7. The van der Waals surface area contributed by atoms with Crippen molar-refractivity contribution in [3.63, 3.8) is 0 Å². The summed E-state index contributed by atoms with van der Waals surface area (Å²) in [5.41, 5.74) is 2.78. The van der Waals surface area contributed by atoms with Crippen molar-refractivity contribution in [3.05, 3.63) is 29.3 Å². The number of aliphatic hydroxyl groups is 1. The Morgan fingerprint density at radius 2 is 2.00 bits per heavy atom. The van der Waals surface area contributed by atoms with Gasteiger partial charge in [0.1, 0.15) is 5.82 Å². The summed E-state index contributed by atoms with van der Waals surface area (Å²) < 4.78 is 26.9.